The van der Waals surface area contributed by atoms with E-state index in [-0.39, 0.29) is 25.4 Å². The molecule has 0 aliphatic carbocycles. The molecule has 3 atom stereocenters. The number of aromatic nitrogens is 1. The molecule has 2 aliphatic heterocycles. The fourth-order valence-electron chi connectivity index (χ4n) is 4.50. The lowest BCUT2D eigenvalue weighted by Gasteiger charge is -2.38. The number of piperazine rings is 1. The average Bonchev–Trinajstić information content (AvgIpc) is 3.72. The monoisotopic (exact) mass is 656 g/mol. The van der Waals surface area contributed by atoms with Crippen molar-refractivity contribution in [1.29, 1.82) is 0 Å². The lowest BCUT2D eigenvalue weighted by atomic mass is 10.2. The molecule has 1 amide bonds. The van der Waals surface area contributed by atoms with Crippen LogP contribution in [0.3, 0.4) is 0 Å². The second-order valence-corrected chi connectivity index (χ2v) is 16.5. The summed E-state index contributed by atoms with van der Waals surface area (Å²) in [5.74, 6) is 0.0325. The number of carbonyl (C=O) groups excluding carboxylic acids is 1. The number of rotatable bonds is 12. The third kappa shape index (κ3) is 8.24. The van der Waals surface area contributed by atoms with E-state index in [0.29, 0.717) is 29.4 Å². The van der Waals surface area contributed by atoms with E-state index in [2.05, 4.69) is 10.5 Å². The summed E-state index contributed by atoms with van der Waals surface area (Å²) < 4.78 is 50.2. The van der Waals surface area contributed by atoms with Crippen LogP contribution in [0.15, 0.2) is 62.6 Å². The van der Waals surface area contributed by atoms with E-state index in [9.17, 15) is 17.4 Å². The van der Waals surface area contributed by atoms with Gasteiger partial charge in [0.25, 0.3) is 5.91 Å². The van der Waals surface area contributed by atoms with Crippen molar-refractivity contribution >= 4 is 61.4 Å². The Balaban J connectivity index is 1.27. The van der Waals surface area contributed by atoms with Gasteiger partial charge in [-0.3, -0.25) is 4.79 Å². The van der Waals surface area contributed by atoms with E-state index in [4.69, 9.17) is 9.57 Å². The number of benzene rings is 1. The molecule has 10 nitrogen and oxygen atoms in total. The number of nitrogens with one attached hydrogen (secondary N) is 1. The Bertz CT molecular complexity index is 1400. The van der Waals surface area contributed by atoms with Gasteiger partial charge in [0.05, 0.1) is 5.75 Å². The molecule has 15 heteroatoms. The van der Waals surface area contributed by atoms with Gasteiger partial charge in [-0.15, -0.1) is 22.7 Å². The minimum absolute atomic E-state index is 0.0411. The molecule has 2 saturated heterocycles. The molecule has 2 aliphatic rings. The number of hydroxylamine groups is 1. The lowest BCUT2D eigenvalue weighted by molar-refractivity contribution is -0.202. The van der Waals surface area contributed by atoms with Gasteiger partial charge in [-0.2, -0.15) is 4.31 Å². The Morgan fingerprint density at radius 2 is 2.05 bits per heavy atom. The highest BCUT2D eigenvalue weighted by Crippen LogP contribution is 2.32. The van der Waals surface area contributed by atoms with E-state index in [1.54, 1.807) is 16.6 Å². The quantitative estimate of drug-likeness (QED) is 0.177. The highest BCUT2D eigenvalue weighted by molar-refractivity contribution is 8.01. The summed E-state index contributed by atoms with van der Waals surface area (Å²) in [6.45, 7) is 0.706. The largest absolute Gasteiger partial charge is 0.350 e. The molecule has 2 fully saturated rings. The molecular formula is C26H32N4O6S5. The molecule has 0 spiro atoms. The van der Waals surface area contributed by atoms with Gasteiger partial charge in [0.2, 0.25) is 10.0 Å². The fourth-order valence-corrected chi connectivity index (χ4v) is 10.5. The van der Waals surface area contributed by atoms with Crippen LogP contribution in [0, 0.1) is 0 Å². The van der Waals surface area contributed by atoms with Gasteiger partial charge in [-0.25, -0.2) is 32.2 Å². The zero-order valence-electron chi connectivity index (χ0n) is 22.3. The van der Waals surface area contributed by atoms with E-state index in [1.165, 1.54) is 38.7 Å². The van der Waals surface area contributed by atoms with Crippen molar-refractivity contribution in [3.05, 3.63) is 54.0 Å². The standard InChI is InChI=1S/C26H32N4O6S5/c31-25(28-36-23-9-4-5-15-35-23)21-19-29(41(33,34)18-6-16-37-26-27-12-17-38-26)13-14-30(21)40(32)24-11-10-22(39-24)20-7-2-1-3-8-20/h1-3,7-8,10-12,17,21,23H,4-6,9,13-16,18-19H2,(H,28,31)/t21-,23?,40?/m1/s1. The van der Waals surface area contributed by atoms with Gasteiger partial charge >= 0.3 is 0 Å². The van der Waals surface area contributed by atoms with E-state index in [0.717, 1.165) is 27.6 Å². The number of thiophene rings is 1. The third-order valence-corrected chi connectivity index (χ3v) is 13.6. The second-order valence-electron chi connectivity index (χ2n) is 9.44. The van der Waals surface area contributed by atoms with Crippen molar-refractivity contribution < 1.29 is 27.0 Å². The maximum absolute atomic E-state index is 13.8. The molecule has 0 bridgehead atoms. The number of thioether (sulfide) groups is 1. The van der Waals surface area contributed by atoms with Gasteiger partial charge in [-0.1, -0.05) is 42.1 Å². The van der Waals surface area contributed by atoms with Crippen LogP contribution in [0.2, 0.25) is 0 Å². The SMILES string of the molecule is O=C(NOC1CCCCO1)[C@H]1CN(S(=O)(=O)CCCSc2nccs2)CCN1S(=O)c1ccc(-c2ccccc2)s1. The lowest BCUT2D eigenvalue weighted by Crippen LogP contribution is -2.60. The van der Waals surface area contributed by atoms with Crippen molar-refractivity contribution in [2.24, 2.45) is 0 Å². The maximum atomic E-state index is 13.8. The number of carbonyl (C=O) groups is 1. The Morgan fingerprint density at radius 3 is 2.80 bits per heavy atom. The number of ether oxygens (including phenoxy) is 1. The van der Waals surface area contributed by atoms with Crippen molar-refractivity contribution in [3.8, 4) is 10.4 Å². The molecule has 0 saturated carbocycles. The van der Waals surface area contributed by atoms with E-state index in [1.807, 2.05) is 41.8 Å². The molecule has 4 heterocycles. The normalized spacial score (nSPS) is 21.5. The molecule has 1 N–H and O–H groups in total. The van der Waals surface area contributed by atoms with Crippen LogP contribution in [-0.2, 0) is 35.4 Å². The summed E-state index contributed by atoms with van der Waals surface area (Å²) >= 11 is 4.44. The number of amides is 1. The molecule has 222 valence electrons. The molecule has 3 aromatic rings. The summed E-state index contributed by atoms with van der Waals surface area (Å²) in [7, 11) is -5.31. The average molecular weight is 657 g/mol. The zero-order chi connectivity index (χ0) is 28.7. The predicted octanol–water partition coefficient (Wildman–Crippen LogP) is 3.97. The summed E-state index contributed by atoms with van der Waals surface area (Å²) in [6.07, 6.45) is 4.13. The molecular weight excluding hydrogens is 625 g/mol. The number of nitrogens with zero attached hydrogens (tertiary/aromatic N) is 3. The number of hydrogen-bond donors (Lipinski definition) is 1. The first-order valence-electron chi connectivity index (χ1n) is 13.3. The number of hydrogen-bond acceptors (Lipinski definition) is 10. The van der Waals surface area contributed by atoms with E-state index >= 15 is 0 Å². The van der Waals surface area contributed by atoms with Gasteiger partial charge in [0.15, 0.2) is 6.29 Å². The smallest absolute Gasteiger partial charge is 0.263 e. The maximum Gasteiger partial charge on any atom is 0.263 e. The molecule has 2 aromatic heterocycles. The summed E-state index contributed by atoms with van der Waals surface area (Å²) in [6, 6.07) is 12.5. The van der Waals surface area contributed by atoms with Crippen LogP contribution in [0.25, 0.3) is 10.4 Å². The van der Waals surface area contributed by atoms with Gasteiger partial charge in [0, 0.05) is 54.9 Å². The van der Waals surface area contributed by atoms with Crippen molar-refractivity contribution in [1.82, 2.24) is 19.1 Å². The Hall–Kier alpha value is -1.69. The van der Waals surface area contributed by atoms with Crippen LogP contribution in [-0.4, -0.2) is 82.2 Å². The molecule has 41 heavy (non-hydrogen) atoms. The first-order valence-corrected chi connectivity index (χ1v) is 18.7. The molecule has 0 radical (unpaired) electrons. The van der Waals surface area contributed by atoms with Crippen LogP contribution >= 0.6 is 34.4 Å². The van der Waals surface area contributed by atoms with Gasteiger partial charge in [0.1, 0.15) is 25.6 Å². The Morgan fingerprint density at radius 1 is 1.20 bits per heavy atom. The molecule has 5 rings (SSSR count). The van der Waals surface area contributed by atoms with E-state index < -0.39 is 39.2 Å². The van der Waals surface area contributed by atoms with Crippen molar-refractivity contribution in [3.63, 3.8) is 0 Å². The van der Waals surface area contributed by atoms with Crippen LogP contribution in [0.1, 0.15) is 25.7 Å². The number of thiazole rings is 1. The van der Waals surface area contributed by atoms with Gasteiger partial charge < -0.3 is 4.74 Å². The topological polar surface area (TPSA) is 118 Å². The zero-order valence-corrected chi connectivity index (χ0v) is 26.3. The minimum atomic E-state index is -3.64. The summed E-state index contributed by atoms with van der Waals surface area (Å²) in [5.41, 5.74) is 3.48. The highest BCUT2D eigenvalue weighted by Gasteiger charge is 2.40. The number of sulfonamides is 1. The van der Waals surface area contributed by atoms with Crippen LogP contribution in [0.4, 0.5) is 0 Å². The molecule has 1 aromatic carbocycles. The predicted molar refractivity (Wildman–Crippen MR) is 162 cm³/mol. The van der Waals surface area contributed by atoms with Crippen molar-refractivity contribution in [2.45, 2.75) is 46.6 Å². The van der Waals surface area contributed by atoms with Crippen LogP contribution < -0.4 is 5.48 Å². The van der Waals surface area contributed by atoms with Crippen LogP contribution in [0.5, 0.6) is 0 Å². The van der Waals surface area contributed by atoms with Gasteiger partial charge in [-0.05, 0) is 37.0 Å². The fraction of sp³-hybridized carbons (Fsp3) is 0.462. The highest BCUT2D eigenvalue weighted by atomic mass is 32.2. The first kappa shape index (κ1) is 30.8. The first-order chi connectivity index (χ1) is 19.9. The summed E-state index contributed by atoms with van der Waals surface area (Å²) in [4.78, 5) is 24.1. The molecule has 2 unspecified atom stereocenters. The third-order valence-electron chi connectivity index (χ3n) is 6.63. The Kier molecular flexibility index (Phi) is 11.0. The minimum Gasteiger partial charge on any atom is -0.350 e. The van der Waals surface area contributed by atoms with Crippen molar-refractivity contribution in [2.75, 3.05) is 37.7 Å². The second kappa shape index (κ2) is 14.7. The Labute approximate surface area is 255 Å². The summed E-state index contributed by atoms with van der Waals surface area (Å²) in [5, 5.41) is 1.89.